The molecular formula is C14H18N4O2. The van der Waals surface area contributed by atoms with E-state index >= 15 is 0 Å². The van der Waals surface area contributed by atoms with Gasteiger partial charge >= 0.3 is 0 Å². The Morgan fingerprint density at radius 1 is 1.35 bits per heavy atom. The maximum absolute atomic E-state index is 11.0. The van der Waals surface area contributed by atoms with Crippen molar-refractivity contribution in [1.29, 1.82) is 0 Å². The van der Waals surface area contributed by atoms with Crippen LogP contribution in [0.5, 0.6) is 0 Å². The van der Waals surface area contributed by atoms with Crippen LogP contribution in [0.1, 0.15) is 19.7 Å². The van der Waals surface area contributed by atoms with Crippen LogP contribution in [-0.4, -0.2) is 33.5 Å². The number of carbonyl (C=O) groups is 1. The monoisotopic (exact) mass is 274 g/mol. The second kappa shape index (κ2) is 6.29. The van der Waals surface area contributed by atoms with Gasteiger partial charge in [0.15, 0.2) is 5.82 Å². The summed E-state index contributed by atoms with van der Waals surface area (Å²) in [4.78, 5) is 17.3. The third-order valence-electron chi connectivity index (χ3n) is 2.92. The van der Waals surface area contributed by atoms with Gasteiger partial charge in [0.05, 0.1) is 13.1 Å². The van der Waals surface area contributed by atoms with E-state index in [1.807, 2.05) is 49.1 Å². The first-order chi connectivity index (χ1) is 9.56. The van der Waals surface area contributed by atoms with E-state index in [-0.39, 0.29) is 18.5 Å². The zero-order valence-electron chi connectivity index (χ0n) is 11.6. The highest BCUT2D eigenvalue weighted by atomic mass is 16.5. The zero-order chi connectivity index (χ0) is 14.5. The average molecular weight is 274 g/mol. The number of aromatic nitrogens is 2. The molecule has 1 aromatic heterocycles. The van der Waals surface area contributed by atoms with Gasteiger partial charge in [0, 0.05) is 11.6 Å². The number of rotatable bonds is 6. The van der Waals surface area contributed by atoms with Crippen molar-refractivity contribution in [2.75, 3.05) is 6.54 Å². The quantitative estimate of drug-likeness (QED) is 0.861. The predicted molar refractivity (Wildman–Crippen MR) is 74.5 cm³/mol. The number of carbonyl (C=O) groups excluding carboxylic acids is 1. The Hall–Kier alpha value is -2.21. The summed E-state index contributed by atoms with van der Waals surface area (Å²) in [5, 5.41) is 3.94. The number of amides is 1. The van der Waals surface area contributed by atoms with Crippen LogP contribution in [0.25, 0.3) is 11.5 Å². The van der Waals surface area contributed by atoms with Crippen LogP contribution in [0.15, 0.2) is 34.9 Å². The van der Waals surface area contributed by atoms with Gasteiger partial charge in [0.2, 0.25) is 5.91 Å². The first kappa shape index (κ1) is 14.2. The van der Waals surface area contributed by atoms with E-state index in [0.29, 0.717) is 18.3 Å². The highest BCUT2D eigenvalue weighted by Gasteiger charge is 2.16. The smallest absolute Gasteiger partial charge is 0.257 e. The van der Waals surface area contributed by atoms with E-state index in [1.54, 1.807) is 0 Å². The Morgan fingerprint density at radius 3 is 2.65 bits per heavy atom. The minimum absolute atomic E-state index is 0.168. The van der Waals surface area contributed by atoms with E-state index in [1.165, 1.54) is 0 Å². The molecule has 20 heavy (non-hydrogen) atoms. The molecule has 6 nitrogen and oxygen atoms in total. The van der Waals surface area contributed by atoms with E-state index in [9.17, 15) is 4.79 Å². The summed E-state index contributed by atoms with van der Waals surface area (Å²) in [6.45, 7) is 4.58. The second-order valence-corrected chi connectivity index (χ2v) is 4.85. The maximum Gasteiger partial charge on any atom is 0.257 e. The number of nitrogens with zero attached hydrogens (tertiary/aromatic N) is 3. The molecule has 0 bridgehead atoms. The van der Waals surface area contributed by atoms with Crippen LogP contribution in [0.2, 0.25) is 0 Å². The summed E-state index contributed by atoms with van der Waals surface area (Å²) < 4.78 is 5.23. The lowest BCUT2D eigenvalue weighted by Gasteiger charge is -2.22. The third kappa shape index (κ3) is 3.64. The molecule has 2 aromatic rings. The Labute approximate surface area is 117 Å². The fourth-order valence-electron chi connectivity index (χ4n) is 1.82. The fraction of sp³-hybridized carbons (Fsp3) is 0.357. The number of benzene rings is 1. The second-order valence-electron chi connectivity index (χ2n) is 4.85. The molecule has 0 fully saturated rings. The van der Waals surface area contributed by atoms with Crippen molar-refractivity contribution >= 4 is 5.91 Å². The van der Waals surface area contributed by atoms with Crippen molar-refractivity contribution in [1.82, 2.24) is 15.0 Å². The van der Waals surface area contributed by atoms with Crippen molar-refractivity contribution in [2.45, 2.75) is 26.4 Å². The highest BCUT2D eigenvalue weighted by Crippen LogP contribution is 2.17. The van der Waals surface area contributed by atoms with Gasteiger partial charge in [-0.3, -0.25) is 9.69 Å². The van der Waals surface area contributed by atoms with Gasteiger partial charge in [-0.2, -0.15) is 4.98 Å². The number of hydrogen-bond donors (Lipinski definition) is 1. The summed E-state index contributed by atoms with van der Waals surface area (Å²) in [5.74, 6) is 0.646. The molecule has 6 heteroatoms. The molecular weight excluding hydrogens is 256 g/mol. The van der Waals surface area contributed by atoms with Crippen LogP contribution in [0, 0.1) is 0 Å². The average Bonchev–Trinajstić information content (AvgIpc) is 2.87. The topological polar surface area (TPSA) is 85.2 Å². The lowest BCUT2D eigenvalue weighted by Crippen LogP contribution is -2.38. The Balaban J connectivity index is 2.10. The summed E-state index contributed by atoms with van der Waals surface area (Å²) in [7, 11) is 0. The van der Waals surface area contributed by atoms with Gasteiger partial charge in [0.1, 0.15) is 0 Å². The van der Waals surface area contributed by atoms with Crippen molar-refractivity contribution in [3.63, 3.8) is 0 Å². The van der Waals surface area contributed by atoms with Gasteiger partial charge in [-0.05, 0) is 26.0 Å². The molecule has 0 atom stereocenters. The van der Waals surface area contributed by atoms with Crippen LogP contribution in [0.3, 0.4) is 0 Å². The molecule has 0 radical (unpaired) electrons. The van der Waals surface area contributed by atoms with Crippen molar-refractivity contribution in [3.8, 4) is 11.5 Å². The fourth-order valence-corrected chi connectivity index (χ4v) is 1.82. The predicted octanol–water partition coefficient (Wildman–Crippen LogP) is 1.43. The lowest BCUT2D eigenvalue weighted by molar-refractivity contribution is -0.119. The molecule has 1 amide bonds. The summed E-state index contributed by atoms with van der Waals surface area (Å²) in [6.07, 6.45) is 0. The van der Waals surface area contributed by atoms with Gasteiger partial charge in [-0.1, -0.05) is 23.4 Å². The van der Waals surface area contributed by atoms with Crippen LogP contribution in [-0.2, 0) is 11.3 Å². The van der Waals surface area contributed by atoms with Crippen molar-refractivity contribution < 1.29 is 9.32 Å². The molecule has 1 aromatic carbocycles. The normalized spacial score (nSPS) is 11.2. The first-order valence-corrected chi connectivity index (χ1v) is 6.46. The van der Waals surface area contributed by atoms with Crippen molar-refractivity contribution in [3.05, 3.63) is 36.2 Å². The molecule has 0 saturated heterocycles. The van der Waals surface area contributed by atoms with Gasteiger partial charge in [-0.25, -0.2) is 0 Å². The van der Waals surface area contributed by atoms with E-state index < -0.39 is 0 Å². The molecule has 1 heterocycles. The van der Waals surface area contributed by atoms with Crippen LogP contribution in [0.4, 0.5) is 0 Å². The number of hydrogen-bond acceptors (Lipinski definition) is 5. The molecule has 0 unspecified atom stereocenters. The van der Waals surface area contributed by atoms with Gasteiger partial charge in [0.25, 0.3) is 5.89 Å². The standard InChI is InChI=1S/C14H18N4O2/c1-10(2)18(8-12(15)19)9-13-16-14(20-17-13)11-6-4-3-5-7-11/h3-7,10H,8-9H2,1-2H3,(H2,15,19). The first-order valence-electron chi connectivity index (χ1n) is 6.46. The highest BCUT2D eigenvalue weighted by molar-refractivity contribution is 5.75. The molecule has 106 valence electrons. The lowest BCUT2D eigenvalue weighted by atomic mass is 10.2. The number of nitrogens with two attached hydrogens (primary N) is 1. The van der Waals surface area contributed by atoms with E-state index in [4.69, 9.17) is 10.3 Å². The molecule has 0 spiro atoms. The van der Waals surface area contributed by atoms with Crippen LogP contribution < -0.4 is 5.73 Å². The minimum Gasteiger partial charge on any atom is -0.369 e. The molecule has 2 rings (SSSR count). The van der Waals surface area contributed by atoms with E-state index in [2.05, 4.69) is 10.1 Å². The van der Waals surface area contributed by atoms with E-state index in [0.717, 1.165) is 5.56 Å². The molecule has 0 aliphatic rings. The van der Waals surface area contributed by atoms with Crippen LogP contribution >= 0.6 is 0 Å². The van der Waals surface area contributed by atoms with Gasteiger partial charge < -0.3 is 10.3 Å². The molecule has 2 N–H and O–H groups in total. The van der Waals surface area contributed by atoms with Gasteiger partial charge in [-0.15, -0.1) is 0 Å². The zero-order valence-corrected chi connectivity index (χ0v) is 11.6. The maximum atomic E-state index is 11.0. The Morgan fingerprint density at radius 2 is 2.05 bits per heavy atom. The Kier molecular flexibility index (Phi) is 4.47. The van der Waals surface area contributed by atoms with Crippen molar-refractivity contribution in [2.24, 2.45) is 5.73 Å². The summed E-state index contributed by atoms with van der Waals surface area (Å²) in [5.41, 5.74) is 6.11. The summed E-state index contributed by atoms with van der Waals surface area (Å²) >= 11 is 0. The number of primary amides is 1. The Bertz CT molecular complexity index is 566. The molecule has 0 aliphatic carbocycles. The third-order valence-corrected chi connectivity index (χ3v) is 2.92. The molecule has 0 aliphatic heterocycles. The SMILES string of the molecule is CC(C)N(CC(N)=O)Cc1noc(-c2ccccc2)n1. The molecule has 0 saturated carbocycles. The summed E-state index contributed by atoms with van der Waals surface area (Å²) in [6, 6.07) is 9.72. The minimum atomic E-state index is -0.370. The largest absolute Gasteiger partial charge is 0.369 e.